The Morgan fingerprint density at radius 2 is 1.78 bits per heavy atom. The summed E-state index contributed by atoms with van der Waals surface area (Å²) in [5, 5.41) is 0. The predicted octanol–water partition coefficient (Wildman–Crippen LogP) is 3.40. The summed E-state index contributed by atoms with van der Waals surface area (Å²) in [6.07, 6.45) is 0.695. The van der Waals surface area contributed by atoms with Gasteiger partial charge in [0.25, 0.3) is 0 Å². The zero-order valence-corrected chi connectivity index (χ0v) is 13.2. The number of carbonyl (C=O) groups is 1. The minimum Gasteiger partial charge on any atom is -0.466 e. The van der Waals surface area contributed by atoms with Crippen molar-refractivity contribution in [3.05, 3.63) is 12.2 Å². The second kappa shape index (κ2) is 10.2. The number of hydrogen-bond donors (Lipinski definition) is 0. The normalized spacial score (nSPS) is 12.2. The molecular formula is C10H17Cl3O4S. The maximum absolute atomic E-state index is 10.9. The van der Waals surface area contributed by atoms with Crippen molar-refractivity contribution in [3.63, 3.8) is 0 Å². The fourth-order valence-corrected chi connectivity index (χ4v) is 2.37. The summed E-state index contributed by atoms with van der Waals surface area (Å²) in [4.78, 5) is 10.9. The molecule has 0 unspecified atom stereocenters. The average molecular weight is 340 g/mol. The highest BCUT2D eigenvalue weighted by Crippen LogP contribution is 2.63. The van der Waals surface area contributed by atoms with E-state index in [4.69, 9.17) is 41.5 Å². The van der Waals surface area contributed by atoms with Crippen LogP contribution in [0.25, 0.3) is 0 Å². The van der Waals surface area contributed by atoms with Crippen molar-refractivity contribution in [3.8, 4) is 0 Å². The first-order valence-electron chi connectivity index (χ1n) is 5.18. The first-order chi connectivity index (χ1) is 8.37. The van der Waals surface area contributed by atoms with Crippen molar-refractivity contribution < 1.29 is 19.0 Å². The standard InChI is InChI=1S/C10H17Cl3O4S/c1-9(10(14)15-2)8-17-6-5-16-4-3-7-18(11,12)13/h1,3-8H2,2H3. The van der Waals surface area contributed by atoms with E-state index in [0.717, 1.165) is 0 Å². The molecule has 18 heavy (non-hydrogen) atoms. The quantitative estimate of drug-likeness (QED) is 0.347. The Morgan fingerprint density at radius 3 is 2.33 bits per heavy atom. The Hall–Kier alpha value is 0.350. The van der Waals surface area contributed by atoms with Crippen molar-refractivity contribution in [2.24, 2.45) is 0 Å². The van der Waals surface area contributed by atoms with Crippen molar-refractivity contribution in [2.45, 2.75) is 6.42 Å². The van der Waals surface area contributed by atoms with E-state index in [0.29, 0.717) is 32.0 Å². The third-order valence-electron chi connectivity index (χ3n) is 1.79. The Kier molecular flexibility index (Phi) is 10.4. The highest BCUT2D eigenvalue weighted by Gasteiger charge is 2.12. The van der Waals surface area contributed by atoms with Crippen molar-refractivity contribution in [1.29, 1.82) is 0 Å². The summed E-state index contributed by atoms with van der Waals surface area (Å²) in [6, 6.07) is 0. The van der Waals surface area contributed by atoms with Crippen LogP contribution in [0.4, 0.5) is 0 Å². The van der Waals surface area contributed by atoms with Gasteiger partial charge in [-0.1, -0.05) is 6.58 Å². The van der Waals surface area contributed by atoms with Gasteiger partial charge < -0.3 is 14.2 Å². The van der Waals surface area contributed by atoms with Gasteiger partial charge in [0.2, 0.25) is 0 Å². The molecule has 0 bridgehead atoms. The van der Waals surface area contributed by atoms with Crippen LogP contribution in [0.3, 0.4) is 0 Å². The van der Waals surface area contributed by atoms with Gasteiger partial charge >= 0.3 is 5.97 Å². The van der Waals surface area contributed by atoms with E-state index < -0.39 is 13.6 Å². The molecule has 0 aromatic rings. The van der Waals surface area contributed by atoms with E-state index >= 15 is 0 Å². The van der Waals surface area contributed by atoms with Gasteiger partial charge in [0.1, 0.15) is 0 Å². The Labute approximate surface area is 122 Å². The maximum Gasteiger partial charge on any atom is 0.335 e. The van der Waals surface area contributed by atoms with E-state index in [1.807, 2.05) is 0 Å². The van der Waals surface area contributed by atoms with E-state index in [1.165, 1.54) is 7.11 Å². The first-order valence-corrected chi connectivity index (χ1v) is 9.46. The summed E-state index contributed by atoms with van der Waals surface area (Å²) in [5.74, 6) is 0.0547. The van der Waals surface area contributed by atoms with Gasteiger partial charge in [0.05, 0.1) is 32.5 Å². The summed E-state index contributed by atoms with van der Waals surface area (Å²) in [6.45, 7) is 4.96. The lowest BCUT2D eigenvalue weighted by Gasteiger charge is -2.14. The van der Waals surface area contributed by atoms with Crippen LogP contribution >= 0.6 is 39.7 Å². The average Bonchev–Trinajstić information content (AvgIpc) is 2.29. The van der Waals surface area contributed by atoms with Gasteiger partial charge in [-0.3, -0.25) is 0 Å². The van der Waals surface area contributed by atoms with Crippen LogP contribution in [-0.2, 0) is 19.0 Å². The zero-order valence-electron chi connectivity index (χ0n) is 10.1. The van der Waals surface area contributed by atoms with Gasteiger partial charge in [-0.2, -0.15) is 0 Å². The monoisotopic (exact) mass is 338 g/mol. The largest absolute Gasteiger partial charge is 0.466 e. The summed E-state index contributed by atoms with van der Waals surface area (Å²) >= 11 is 0. The molecule has 0 saturated carbocycles. The molecule has 108 valence electrons. The maximum atomic E-state index is 10.9. The third-order valence-corrected chi connectivity index (χ3v) is 3.93. The van der Waals surface area contributed by atoms with Crippen molar-refractivity contribution >= 4 is 45.7 Å². The summed E-state index contributed by atoms with van der Waals surface area (Å²) in [7, 11) is 16.3. The van der Waals surface area contributed by atoms with Gasteiger partial charge in [0, 0.05) is 12.4 Å². The van der Waals surface area contributed by atoms with Crippen LogP contribution in [0.5, 0.6) is 0 Å². The van der Waals surface area contributed by atoms with Gasteiger partial charge in [-0.25, -0.2) is 4.79 Å². The lowest BCUT2D eigenvalue weighted by Crippen LogP contribution is -2.12. The van der Waals surface area contributed by atoms with E-state index in [-0.39, 0.29) is 12.2 Å². The molecular weight excluding hydrogens is 323 g/mol. The molecule has 0 heterocycles. The molecule has 0 aliphatic carbocycles. The molecule has 0 radical (unpaired) electrons. The molecule has 0 aromatic carbocycles. The third kappa shape index (κ3) is 11.4. The molecule has 4 nitrogen and oxygen atoms in total. The van der Waals surface area contributed by atoms with Gasteiger partial charge in [0.15, 0.2) is 0 Å². The smallest absolute Gasteiger partial charge is 0.335 e. The summed E-state index contributed by atoms with van der Waals surface area (Å²) in [5.41, 5.74) is 0.275. The zero-order chi connectivity index (χ0) is 14.0. The van der Waals surface area contributed by atoms with Crippen LogP contribution in [-0.4, -0.2) is 45.3 Å². The van der Waals surface area contributed by atoms with Crippen LogP contribution in [0.2, 0.25) is 0 Å². The van der Waals surface area contributed by atoms with Gasteiger partial charge in [-0.15, -0.1) is 0 Å². The second-order valence-corrected chi connectivity index (χ2v) is 10.9. The van der Waals surface area contributed by atoms with E-state index in [1.54, 1.807) is 0 Å². The molecule has 0 N–H and O–H groups in total. The van der Waals surface area contributed by atoms with Gasteiger partial charge in [-0.05, 0) is 46.1 Å². The molecule has 0 atom stereocenters. The SMILES string of the molecule is C=C(COCCOCCCS(Cl)(Cl)Cl)C(=O)OC. The fraction of sp³-hybridized carbons (Fsp3) is 0.700. The highest BCUT2D eigenvalue weighted by molar-refractivity contribution is 8.79. The second-order valence-electron chi connectivity index (χ2n) is 3.32. The fourth-order valence-electron chi connectivity index (χ4n) is 0.943. The molecule has 0 fully saturated rings. The predicted molar refractivity (Wildman–Crippen MR) is 77.4 cm³/mol. The molecule has 0 amide bonds. The number of halogens is 3. The topological polar surface area (TPSA) is 44.8 Å². The molecule has 0 aromatic heterocycles. The number of carbonyl (C=O) groups excluding carboxylic acids is 1. The van der Waals surface area contributed by atoms with Crippen LogP contribution in [0.1, 0.15) is 6.42 Å². The molecule has 8 heteroatoms. The Balaban J connectivity index is 3.32. The van der Waals surface area contributed by atoms with Crippen LogP contribution in [0.15, 0.2) is 12.2 Å². The Bertz CT molecular complexity index is 268. The number of esters is 1. The lowest BCUT2D eigenvalue weighted by molar-refractivity contribution is -0.136. The minimum atomic E-state index is -2.00. The summed E-state index contributed by atoms with van der Waals surface area (Å²) < 4.78 is 14.9. The van der Waals surface area contributed by atoms with Crippen LogP contribution < -0.4 is 0 Å². The molecule has 0 saturated heterocycles. The van der Waals surface area contributed by atoms with Crippen molar-refractivity contribution in [1.82, 2.24) is 0 Å². The number of ether oxygens (including phenoxy) is 3. The van der Waals surface area contributed by atoms with Crippen LogP contribution in [0, 0.1) is 0 Å². The molecule has 0 aliphatic heterocycles. The van der Waals surface area contributed by atoms with Crippen molar-refractivity contribution in [2.75, 3.05) is 39.3 Å². The molecule has 0 aliphatic rings. The van der Waals surface area contributed by atoms with E-state index in [9.17, 15) is 4.79 Å². The number of methoxy groups -OCH3 is 1. The molecule has 0 rings (SSSR count). The highest BCUT2D eigenvalue weighted by atomic mass is 36.2. The first kappa shape index (κ1) is 18.4. The van der Waals surface area contributed by atoms with E-state index in [2.05, 4.69) is 11.3 Å². The number of rotatable bonds is 10. The molecule has 0 spiro atoms. The lowest BCUT2D eigenvalue weighted by atomic mass is 10.3. The Morgan fingerprint density at radius 1 is 1.17 bits per heavy atom. The minimum absolute atomic E-state index is 0.133. The number of hydrogen-bond acceptors (Lipinski definition) is 4.